The molecule has 4 heteroatoms. The molecule has 0 N–H and O–H groups in total. The number of carbonyl (C=O) groups is 2. The van der Waals surface area contributed by atoms with Gasteiger partial charge in [-0.25, -0.2) is 0 Å². The van der Waals surface area contributed by atoms with E-state index in [1.54, 1.807) is 0 Å². The van der Waals surface area contributed by atoms with E-state index in [9.17, 15) is 9.59 Å². The van der Waals surface area contributed by atoms with Gasteiger partial charge in [-0.2, -0.15) is 0 Å². The molecule has 0 spiro atoms. The van der Waals surface area contributed by atoms with E-state index in [0.717, 1.165) is 6.42 Å². The van der Waals surface area contributed by atoms with Gasteiger partial charge in [-0.3, -0.25) is 9.59 Å². The van der Waals surface area contributed by atoms with Crippen molar-refractivity contribution in [3.8, 4) is 0 Å². The van der Waals surface area contributed by atoms with Crippen molar-refractivity contribution >= 4 is 11.9 Å². The second kappa shape index (κ2) is 3.08. The highest BCUT2D eigenvalue weighted by Gasteiger charge is 2.45. The van der Waals surface area contributed by atoms with E-state index in [1.165, 1.54) is 0 Å². The summed E-state index contributed by atoms with van der Waals surface area (Å²) in [6.45, 7) is 0.675. The molecule has 0 bridgehead atoms. The van der Waals surface area contributed by atoms with Crippen LogP contribution in [0.25, 0.3) is 0 Å². The minimum atomic E-state index is -0.129. The minimum Gasteiger partial charge on any atom is -0.458 e. The van der Waals surface area contributed by atoms with Gasteiger partial charge >= 0.3 is 5.97 Å². The van der Waals surface area contributed by atoms with E-state index >= 15 is 0 Å². The second-order valence-electron chi connectivity index (χ2n) is 4.40. The van der Waals surface area contributed by atoms with Gasteiger partial charge in [0.2, 0.25) is 5.91 Å². The van der Waals surface area contributed by atoms with Gasteiger partial charge in [-0.15, -0.1) is 0 Å². The zero-order chi connectivity index (χ0) is 10.4. The van der Waals surface area contributed by atoms with Crippen LogP contribution in [0.1, 0.15) is 19.3 Å². The van der Waals surface area contributed by atoms with Crippen molar-refractivity contribution in [2.24, 2.45) is 5.92 Å². The first-order valence-electron chi connectivity index (χ1n) is 5.41. The van der Waals surface area contributed by atoms with Crippen LogP contribution in [0, 0.1) is 5.92 Å². The van der Waals surface area contributed by atoms with Gasteiger partial charge < -0.3 is 9.64 Å². The molecular weight excluding hydrogens is 194 g/mol. The Morgan fingerprint density at radius 3 is 3.13 bits per heavy atom. The maximum Gasteiger partial charge on any atom is 0.306 e. The molecule has 2 fully saturated rings. The highest BCUT2D eigenvalue weighted by molar-refractivity contribution is 5.80. The lowest BCUT2D eigenvalue weighted by Crippen LogP contribution is -2.39. The molecule has 0 aliphatic carbocycles. The predicted molar refractivity (Wildman–Crippen MR) is 51.9 cm³/mol. The van der Waals surface area contributed by atoms with E-state index in [2.05, 4.69) is 0 Å². The van der Waals surface area contributed by atoms with Crippen LogP contribution in [0.3, 0.4) is 0 Å². The highest BCUT2D eigenvalue weighted by Crippen LogP contribution is 2.36. The number of fused-ring (bicyclic) bond motifs is 3. The first-order chi connectivity index (χ1) is 7.25. The van der Waals surface area contributed by atoms with Gasteiger partial charge in [0.1, 0.15) is 6.10 Å². The third-order valence-corrected chi connectivity index (χ3v) is 3.59. The molecular formula is C11H13NO3. The fraction of sp³-hybridized carbons (Fsp3) is 0.636. The van der Waals surface area contributed by atoms with Crippen molar-refractivity contribution in [2.75, 3.05) is 6.54 Å². The molecule has 0 radical (unpaired) electrons. The molecule has 0 unspecified atom stereocenters. The van der Waals surface area contributed by atoms with Crippen molar-refractivity contribution in [3.63, 3.8) is 0 Å². The average molecular weight is 207 g/mol. The molecule has 3 aliphatic heterocycles. The van der Waals surface area contributed by atoms with Crippen molar-refractivity contribution in [2.45, 2.75) is 31.4 Å². The van der Waals surface area contributed by atoms with E-state index < -0.39 is 0 Å². The van der Waals surface area contributed by atoms with Crippen molar-refractivity contribution in [1.82, 2.24) is 4.90 Å². The fourth-order valence-corrected chi connectivity index (χ4v) is 2.88. The van der Waals surface area contributed by atoms with Crippen LogP contribution in [0.4, 0.5) is 0 Å². The summed E-state index contributed by atoms with van der Waals surface area (Å²) in [5.74, 6) is 0.267. The topological polar surface area (TPSA) is 46.6 Å². The summed E-state index contributed by atoms with van der Waals surface area (Å²) < 4.78 is 5.22. The molecule has 0 saturated carbocycles. The Balaban J connectivity index is 1.92. The Morgan fingerprint density at radius 2 is 2.27 bits per heavy atom. The lowest BCUT2D eigenvalue weighted by molar-refractivity contribution is -0.140. The number of hydrogen-bond acceptors (Lipinski definition) is 3. The molecule has 3 heterocycles. The zero-order valence-corrected chi connectivity index (χ0v) is 8.39. The first kappa shape index (κ1) is 8.95. The Hall–Kier alpha value is -1.32. The van der Waals surface area contributed by atoms with E-state index in [1.807, 2.05) is 17.1 Å². The first-order valence-corrected chi connectivity index (χ1v) is 5.41. The van der Waals surface area contributed by atoms with Crippen LogP contribution in [-0.4, -0.2) is 35.5 Å². The summed E-state index contributed by atoms with van der Waals surface area (Å²) >= 11 is 0. The average Bonchev–Trinajstić information content (AvgIpc) is 2.68. The monoisotopic (exact) mass is 207 g/mol. The Kier molecular flexibility index (Phi) is 1.84. The van der Waals surface area contributed by atoms with Crippen LogP contribution in [-0.2, 0) is 14.3 Å². The van der Waals surface area contributed by atoms with Gasteiger partial charge in [0.05, 0.1) is 6.42 Å². The number of nitrogens with zero attached hydrogens (tertiary/aromatic N) is 1. The molecule has 0 aromatic rings. The van der Waals surface area contributed by atoms with Crippen molar-refractivity contribution < 1.29 is 14.3 Å². The van der Waals surface area contributed by atoms with Crippen molar-refractivity contribution in [3.05, 3.63) is 12.2 Å². The lowest BCUT2D eigenvalue weighted by atomic mass is 9.91. The molecule has 15 heavy (non-hydrogen) atoms. The molecule has 1 amide bonds. The van der Waals surface area contributed by atoms with Crippen molar-refractivity contribution in [1.29, 1.82) is 0 Å². The maximum absolute atomic E-state index is 11.6. The number of amides is 1. The molecule has 0 aromatic heterocycles. The predicted octanol–water partition coefficient (Wildman–Crippen LogP) is 0.479. The fourth-order valence-electron chi connectivity index (χ4n) is 2.88. The van der Waals surface area contributed by atoms with Crippen LogP contribution < -0.4 is 0 Å². The Morgan fingerprint density at radius 1 is 1.40 bits per heavy atom. The van der Waals surface area contributed by atoms with Gasteiger partial charge in [0.25, 0.3) is 0 Å². The van der Waals surface area contributed by atoms with Crippen LogP contribution in [0.15, 0.2) is 12.2 Å². The van der Waals surface area contributed by atoms with E-state index in [-0.39, 0.29) is 29.9 Å². The molecule has 3 rings (SSSR count). The van der Waals surface area contributed by atoms with Crippen LogP contribution >= 0.6 is 0 Å². The maximum atomic E-state index is 11.6. The largest absolute Gasteiger partial charge is 0.458 e. The molecule has 3 aliphatic rings. The quantitative estimate of drug-likeness (QED) is 0.428. The standard InChI is InChI=1S/C11H13NO3/c13-10-4-3-8-7-6-11(14)15-9(7)2-1-5-12(8)10/h1-2,7-9H,3-6H2/t7-,8+,9-/m1/s1. The summed E-state index contributed by atoms with van der Waals surface area (Å²) in [7, 11) is 0. The molecule has 4 nitrogen and oxygen atoms in total. The summed E-state index contributed by atoms with van der Waals surface area (Å²) in [5, 5.41) is 0. The lowest BCUT2D eigenvalue weighted by Gasteiger charge is -2.27. The second-order valence-corrected chi connectivity index (χ2v) is 4.40. The molecule has 80 valence electrons. The highest BCUT2D eigenvalue weighted by atomic mass is 16.5. The summed E-state index contributed by atoms with van der Waals surface area (Å²) in [6, 6.07) is 0.212. The third-order valence-electron chi connectivity index (χ3n) is 3.59. The van der Waals surface area contributed by atoms with Crippen LogP contribution in [0.2, 0.25) is 0 Å². The van der Waals surface area contributed by atoms with Gasteiger partial charge in [0, 0.05) is 24.9 Å². The van der Waals surface area contributed by atoms with Gasteiger partial charge in [-0.1, -0.05) is 6.08 Å². The normalized spacial score (nSPS) is 38.7. The Labute approximate surface area is 87.9 Å². The number of carbonyl (C=O) groups excluding carboxylic acids is 2. The number of hydrogen-bond donors (Lipinski definition) is 0. The van der Waals surface area contributed by atoms with Gasteiger partial charge in [0.15, 0.2) is 0 Å². The number of rotatable bonds is 0. The Bertz CT molecular complexity index is 350. The number of esters is 1. The zero-order valence-electron chi connectivity index (χ0n) is 8.39. The minimum absolute atomic E-state index is 0.0987. The number of ether oxygens (including phenoxy) is 1. The molecule has 3 atom stereocenters. The summed E-state index contributed by atoms with van der Waals surface area (Å²) in [4.78, 5) is 24.7. The summed E-state index contributed by atoms with van der Waals surface area (Å²) in [5.41, 5.74) is 0. The van der Waals surface area contributed by atoms with Crippen LogP contribution in [0.5, 0.6) is 0 Å². The van der Waals surface area contributed by atoms with E-state index in [0.29, 0.717) is 19.4 Å². The van der Waals surface area contributed by atoms with E-state index in [4.69, 9.17) is 4.74 Å². The molecule has 0 aromatic carbocycles. The molecule has 2 saturated heterocycles. The smallest absolute Gasteiger partial charge is 0.306 e. The SMILES string of the molecule is O=C1C[C@H]2[C@@H](C=CCN3C(=O)CC[C@@H]23)O1. The summed E-state index contributed by atoms with van der Waals surface area (Å²) in [6.07, 6.45) is 5.73. The third kappa shape index (κ3) is 1.28. The van der Waals surface area contributed by atoms with Gasteiger partial charge in [-0.05, 0) is 12.5 Å².